The maximum Gasteiger partial charge on any atom is 0.329 e. The molecule has 4 nitrogen and oxygen atoms in total. The van der Waals surface area contributed by atoms with Crippen LogP contribution in [0.4, 0.5) is 0 Å². The van der Waals surface area contributed by atoms with Crippen LogP contribution < -0.4 is 11.2 Å². The van der Waals surface area contributed by atoms with Crippen molar-refractivity contribution in [1.29, 1.82) is 0 Å². The molecule has 4 heteroatoms. The predicted octanol–water partition coefficient (Wildman–Crippen LogP) is 1.33. The van der Waals surface area contributed by atoms with Crippen molar-refractivity contribution in [3.8, 4) is 0 Å². The lowest BCUT2D eigenvalue weighted by Crippen LogP contribution is -2.30. The third-order valence-corrected chi connectivity index (χ3v) is 3.09. The molecule has 0 amide bonds. The second-order valence-corrected chi connectivity index (χ2v) is 4.33. The molecule has 82 valence electrons. The zero-order valence-electron chi connectivity index (χ0n) is 8.99. The van der Waals surface area contributed by atoms with Gasteiger partial charge in [0.05, 0.1) is 10.9 Å². The van der Waals surface area contributed by atoms with E-state index in [-0.39, 0.29) is 17.3 Å². The van der Waals surface area contributed by atoms with E-state index in [1.807, 2.05) is 25.1 Å². The molecule has 1 saturated carbocycles. The van der Waals surface area contributed by atoms with Gasteiger partial charge in [-0.15, -0.1) is 0 Å². The van der Waals surface area contributed by atoms with Crippen molar-refractivity contribution in [2.45, 2.75) is 25.8 Å². The lowest BCUT2D eigenvalue weighted by atomic mass is 10.1. The van der Waals surface area contributed by atoms with E-state index in [0.717, 1.165) is 23.9 Å². The van der Waals surface area contributed by atoms with Crippen LogP contribution in [-0.2, 0) is 0 Å². The van der Waals surface area contributed by atoms with Gasteiger partial charge >= 0.3 is 5.69 Å². The average molecular weight is 216 g/mol. The molecule has 1 aromatic carbocycles. The monoisotopic (exact) mass is 216 g/mol. The normalized spacial score (nSPS) is 15.6. The summed E-state index contributed by atoms with van der Waals surface area (Å²) in [5.74, 6) is 0. The molecule has 0 atom stereocenters. The van der Waals surface area contributed by atoms with Crippen LogP contribution in [-0.4, -0.2) is 9.55 Å². The molecule has 0 radical (unpaired) electrons. The van der Waals surface area contributed by atoms with Gasteiger partial charge in [-0.2, -0.15) is 0 Å². The van der Waals surface area contributed by atoms with E-state index in [4.69, 9.17) is 0 Å². The second kappa shape index (κ2) is 3.07. The number of rotatable bonds is 1. The van der Waals surface area contributed by atoms with Gasteiger partial charge in [0.15, 0.2) is 0 Å². The highest BCUT2D eigenvalue weighted by atomic mass is 16.2. The van der Waals surface area contributed by atoms with E-state index in [0.29, 0.717) is 5.39 Å². The highest BCUT2D eigenvalue weighted by molar-refractivity contribution is 5.81. The average Bonchev–Trinajstić information content (AvgIpc) is 3.01. The largest absolute Gasteiger partial charge is 0.329 e. The molecule has 1 aliphatic carbocycles. The Balaban J connectivity index is 2.54. The second-order valence-electron chi connectivity index (χ2n) is 4.33. The minimum Gasteiger partial charge on any atom is -0.290 e. The molecular formula is C12H12N2O2. The number of aryl methyl sites for hydroxylation is 1. The van der Waals surface area contributed by atoms with Crippen LogP contribution in [0.3, 0.4) is 0 Å². The first-order valence-electron chi connectivity index (χ1n) is 5.42. The van der Waals surface area contributed by atoms with Gasteiger partial charge in [-0.3, -0.25) is 14.3 Å². The fraction of sp³-hybridized carbons (Fsp3) is 0.333. The highest BCUT2D eigenvalue weighted by Crippen LogP contribution is 2.35. The molecule has 1 heterocycles. The fourth-order valence-corrected chi connectivity index (χ4v) is 2.17. The van der Waals surface area contributed by atoms with E-state index in [1.165, 1.54) is 0 Å². The summed E-state index contributed by atoms with van der Waals surface area (Å²) in [5, 5.41) is 0.633. The van der Waals surface area contributed by atoms with Gasteiger partial charge in [0.2, 0.25) is 0 Å². The molecule has 1 aliphatic rings. The van der Waals surface area contributed by atoms with Gasteiger partial charge in [-0.05, 0) is 31.4 Å². The Labute approximate surface area is 91.5 Å². The van der Waals surface area contributed by atoms with Crippen LogP contribution in [0.15, 0.2) is 27.8 Å². The number of hydrogen-bond donors (Lipinski definition) is 1. The summed E-state index contributed by atoms with van der Waals surface area (Å²) in [5.41, 5.74) is 1.10. The minimum atomic E-state index is -0.286. The molecule has 1 aromatic heterocycles. The van der Waals surface area contributed by atoms with Crippen molar-refractivity contribution in [3.63, 3.8) is 0 Å². The quantitative estimate of drug-likeness (QED) is 0.781. The highest BCUT2D eigenvalue weighted by Gasteiger charge is 2.26. The first-order valence-corrected chi connectivity index (χ1v) is 5.42. The molecule has 1 N–H and O–H groups in total. The zero-order valence-corrected chi connectivity index (χ0v) is 8.99. The van der Waals surface area contributed by atoms with Crippen molar-refractivity contribution >= 4 is 10.9 Å². The number of aromatic nitrogens is 2. The third-order valence-electron chi connectivity index (χ3n) is 3.09. The van der Waals surface area contributed by atoms with Gasteiger partial charge in [-0.25, -0.2) is 4.79 Å². The van der Waals surface area contributed by atoms with Crippen molar-refractivity contribution in [2.24, 2.45) is 0 Å². The molecule has 1 fully saturated rings. The summed E-state index contributed by atoms with van der Waals surface area (Å²) in [7, 11) is 0. The molecule has 0 spiro atoms. The first-order chi connectivity index (χ1) is 7.68. The molecule has 2 aromatic rings. The Morgan fingerprint density at radius 1 is 1.31 bits per heavy atom. The van der Waals surface area contributed by atoms with Gasteiger partial charge in [0.1, 0.15) is 0 Å². The summed E-state index contributed by atoms with van der Waals surface area (Å²) in [4.78, 5) is 25.9. The van der Waals surface area contributed by atoms with E-state index in [1.54, 1.807) is 4.57 Å². The number of aromatic amines is 1. The van der Waals surface area contributed by atoms with Crippen LogP contribution in [0.2, 0.25) is 0 Å². The van der Waals surface area contributed by atoms with Crippen LogP contribution >= 0.6 is 0 Å². The maximum atomic E-state index is 11.8. The smallest absolute Gasteiger partial charge is 0.290 e. The third kappa shape index (κ3) is 1.23. The Bertz CT molecular complexity index is 677. The zero-order chi connectivity index (χ0) is 11.3. The molecule has 0 unspecified atom stereocenters. The number of fused-ring (bicyclic) bond motifs is 1. The summed E-state index contributed by atoms with van der Waals surface area (Å²) in [6.45, 7) is 1.89. The first kappa shape index (κ1) is 9.39. The SMILES string of the molecule is Cc1cccc2c1c(=O)[nH]c(=O)n2C1CC1. The lowest BCUT2D eigenvalue weighted by Gasteiger charge is -2.08. The van der Waals surface area contributed by atoms with Gasteiger partial charge in [-0.1, -0.05) is 12.1 Å². The van der Waals surface area contributed by atoms with Gasteiger partial charge < -0.3 is 0 Å². The topological polar surface area (TPSA) is 54.9 Å². The lowest BCUT2D eigenvalue weighted by molar-refractivity contribution is 0.708. The number of hydrogen-bond acceptors (Lipinski definition) is 2. The summed E-state index contributed by atoms with van der Waals surface area (Å²) in [6, 6.07) is 5.89. The van der Waals surface area contributed by atoms with Crippen LogP contribution in [0.5, 0.6) is 0 Å². The molecule has 0 aliphatic heterocycles. The van der Waals surface area contributed by atoms with Crippen LogP contribution in [0, 0.1) is 6.92 Å². The van der Waals surface area contributed by atoms with Crippen molar-refractivity contribution in [3.05, 3.63) is 44.6 Å². The number of benzene rings is 1. The summed E-state index contributed by atoms with van der Waals surface area (Å²) < 4.78 is 1.71. The van der Waals surface area contributed by atoms with E-state index >= 15 is 0 Å². The van der Waals surface area contributed by atoms with Crippen molar-refractivity contribution in [2.75, 3.05) is 0 Å². The number of nitrogens with one attached hydrogen (secondary N) is 1. The molecular weight excluding hydrogens is 204 g/mol. The van der Waals surface area contributed by atoms with Crippen LogP contribution in [0.25, 0.3) is 10.9 Å². The van der Waals surface area contributed by atoms with E-state index in [2.05, 4.69) is 4.98 Å². The van der Waals surface area contributed by atoms with Crippen molar-refractivity contribution < 1.29 is 0 Å². The standard InChI is InChI=1S/C12H12N2O2/c1-7-3-2-4-9-10(7)11(15)13-12(16)14(9)8-5-6-8/h2-4,8H,5-6H2,1H3,(H,13,15,16). The molecule has 0 bridgehead atoms. The summed E-state index contributed by atoms with van der Waals surface area (Å²) in [6.07, 6.45) is 2.05. The Morgan fingerprint density at radius 2 is 2.06 bits per heavy atom. The molecule has 3 rings (SSSR count). The van der Waals surface area contributed by atoms with Crippen molar-refractivity contribution in [1.82, 2.24) is 9.55 Å². The minimum absolute atomic E-state index is 0.272. The fourth-order valence-electron chi connectivity index (χ4n) is 2.17. The Kier molecular flexibility index (Phi) is 1.80. The van der Waals surface area contributed by atoms with E-state index in [9.17, 15) is 9.59 Å². The van der Waals surface area contributed by atoms with Crippen LogP contribution in [0.1, 0.15) is 24.4 Å². The van der Waals surface area contributed by atoms with E-state index < -0.39 is 0 Å². The Hall–Kier alpha value is -1.84. The number of H-pyrrole nitrogens is 1. The number of nitrogens with zero attached hydrogens (tertiary/aromatic N) is 1. The van der Waals surface area contributed by atoms with Gasteiger partial charge in [0, 0.05) is 6.04 Å². The predicted molar refractivity (Wildman–Crippen MR) is 61.8 cm³/mol. The summed E-state index contributed by atoms with van der Waals surface area (Å²) >= 11 is 0. The Morgan fingerprint density at radius 3 is 2.75 bits per heavy atom. The molecule has 16 heavy (non-hydrogen) atoms. The molecule has 0 saturated heterocycles. The maximum absolute atomic E-state index is 11.8. The van der Waals surface area contributed by atoms with Gasteiger partial charge in [0.25, 0.3) is 5.56 Å².